The summed E-state index contributed by atoms with van der Waals surface area (Å²) >= 11 is 0. The van der Waals surface area contributed by atoms with E-state index in [1.54, 1.807) is 28.9 Å². The molecule has 0 fully saturated rings. The molecule has 0 saturated carbocycles. The number of fused-ring (bicyclic) bond motifs is 1. The van der Waals surface area contributed by atoms with Crippen LogP contribution in [0.15, 0.2) is 60.8 Å². The molecule has 0 unspecified atom stereocenters. The average molecular weight is 419 g/mol. The number of carbonyl (C=O) groups is 1. The number of aromatic nitrogens is 3. The van der Waals surface area contributed by atoms with Crippen molar-refractivity contribution < 1.29 is 15.0 Å². The fourth-order valence-electron chi connectivity index (χ4n) is 3.77. The van der Waals surface area contributed by atoms with Crippen LogP contribution in [0.25, 0.3) is 0 Å². The van der Waals surface area contributed by atoms with Gasteiger partial charge in [-0.25, -0.2) is 4.68 Å². The van der Waals surface area contributed by atoms with Crippen molar-refractivity contribution >= 4 is 17.5 Å². The van der Waals surface area contributed by atoms with Crippen molar-refractivity contribution in [2.45, 2.75) is 25.8 Å². The van der Waals surface area contributed by atoms with Crippen molar-refractivity contribution in [2.75, 3.05) is 17.2 Å². The van der Waals surface area contributed by atoms with E-state index in [1.807, 2.05) is 31.2 Å². The number of phenolic OH excluding ortho intramolecular Hbond substituents is 1. The Bertz CT molecular complexity index is 1110. The van der Waals surface area contributed by atoms with Gasteiger partial charge in [0.25, 0.3) is 0 Å². The monoisotopic (exact) mass is 419 g/mol. The molecule has 4 N–H and O–H groups in total. The number of aliphatic hydroxyl groups is 1. The highest BCUT2D eigenvalue weighted by atomic mass is 16.3. The average Bonchev–Trinajstić information content (AvgIpc) is 3.15. The van der Waals surface area contributed by atoms with E-state index in [-0.39, 0.29) is 18.3 Å². The third-order valence-corrected chi connectivity index (χ3v) is 5.38. The molecule has 0 radical (unpaired) electrons. The normalized spacial score (nSPS) is 17.7. The molecule has 1 aromatic heterocycles. The summed E-state index contributed by atoms with van der Waals surface area (Å²) in [5, 5.41) is 29.6. The van der Waals surface area contributed by atoms with Crippen LogP contribution in [0.1, 0.15) is 29.4 Å². The number of rotatable bonds is 6. The number of aryl methyl sites for hydroxylation is 2. The number of nitrogens with one attached hydrogen (secondary N) is 2. The standard InChI is InChI=1S/C23H25N5O3/c1-14-6-3-4-7-18(14)25-22(31)20-15(2)24-23-26-19(8-5-13-29)27-28(23)21(20)16-9-11-17(30)12-10-16/h3-4,6-7,9-12,20-21,29-30H,2,5,8,13H2,1H3,(H,25,31)(H,24,26,27)/t20-,21+/m0/s1. The molecule has 0 spiro atoms. The van der Waals surface area contributed by atoms with Crippen molar-refractivity contribution in [1.29, 1.82) is 0 Å². The lowest BCUT2D eigenvalue weighted by Crippen LogP contribution is -2.39. The molecule has 0 bridgehead atoms. The molecule has 2 atom stereocenters. The molecular weight excluding hydrogens is 394 g/mol. The van der Waals surface area contributed by atoms with Crippen LogP contribution in [-0.4, -0.2) is 37.5 Å². The van der Waals surface area contributed by atoms with E-state index in [0.717, 1.165) is 16.8 Å². The van der Waals surface area contributed by atoms with E-state index in [0.29, 0.717) is 30.3 Å². The Morgan fingerprint density at radius 2 is 1.97 bits per heavy atom. The molecule has 3 aromatic rings. The molecule has 2 heterocycles. The summed E-state index contributed by atoms with van der Waals surface area (Å²) < 4.78 is 1.69. The number of nitrogens with zero attached hydrogens (tertiary/aromatic N) is 3. The summed E-state index contributed by atoms with van der Waals surface area (Å²) in [7, 11) is 0. The van der Waals surface area contributed by atoms with Crippen molar-refractivity contribution in [1.82, 2.24) is 14.8 Å². The van der Waals surface area contributed by atoms with Crippen LogP contribution >= 0.6 is 0 Å². The van der Waals surface area contributed by atoms with Gasteiger partial charge in [-0.05, 0) is 42.7 Å². The highest BCUT2D eigenvalue weighted by Crippen LogP contribution is 2.38. The molecule has 1 aliphatic rings. The second-order valence-corrected chi connectivity index (χ2v) is 7.59. The second kappa shape index (κ2) is 8.61. The molecular formula is C23H25N5O3. The Balaban J connectivity index is 1.74. The number of anilines is 2. The summed E-state index contributed by atoms with van der Waals surface area (Å²) in [5.74, 6) is 0.330. The Labute approximate surface area is 180 Å². The van der Waals surface area contributed by atoms with Crippen LogP contribution in [0.2, 0.25) is 0 Å². The molecule has 31 heavy (non-hydrogen) atoms. The van der Waals surface area contributed by atoms with E-state index in [2.05, 4.69) is 27.3 Å². The van der Waals surface area contributed by atoms with Crippen molar-refractivity contribution in [2.24, 2.45) is 5.92 Å². The van der Waals surface area contributed by atoms with Gasteiger partial charge in [0.15, 0.2) is 5.82 Å². The van der Waals surface area contributed by atoms with Gasteiger partial charge in [0.05, 0.1) is 6.04 Å². The van der Waals surface area contributed by atoms with Gasteiger partial charge in [-0.2, -0.15) is 10.1 Å². The summed E-state index contributed by atoms with van der Waals surface area (Å²) in [6, 6.07) is 13.8. The second-order valence-electron chi connectivity index (χ2n) is 7.59. The number of carbonyl (C=O) groups excluding carboxylic acids is 1. The van der Waals surface area contributed by atoms with E-state index in [9.17, 15) is 9.90 Å². The lowest BCUT2D eigenvalue weighted by atomic mass is 9.88. The van der Waals surface area contributed by atoms with Crippen LogP contribution in [0, 0.1) is 12.8 Å². The van der Waals surface area contributed by atoms with Crippen LogP contribution in [-0.2, 0) is 11.2 Å². The van der Waals surface area contributed by atoms with Gasteiger partial charge in [-0.3, -0.25) is 4.79 Å². The van der Waals surface area contributed by atoms with E-state index < -0.39 is 12.0 Å². The van der Waals surface area contributed by atoms with Gasteiger partial charge in [0.2, 0.25) is 11.9 Å². The first-order valence-corrected chi connectivity index (χ1v) is 10.2. The minimum Gasteiger partial charge on any atom is -0.508 e. The first kappa shape index (κ1) is 20.6. The van der Waals surface area contributed by atoms with Gasteiger partial charge < -0.3 is 20.8 Å². The smallest absolute Gasteiger partial charge is 0.235 e. The zero-order valence-corrected chi connectivity index (χ0v) is 17.2. The zero-order chi connectivity index (χ0) is 22.0. The Morgan fingerprint density at radius 3 is 2.68 bits per heavy atom. The largest absolute Gasteiger partial charge is 0.508 e. The van der Waals surface area contributed by atoms with Crippen LogP contribution in [0.3, 0.4) is 0 Å². The number of phenols is 1. The Morgan fingerprint density at radius 1 is 1.23 bits per heavy atom. The maximum absolute atomic E-state index is 13.4. The van der Waals surface area contributed by atoms with Crippen LogP contribution in [0.4, 0.5) is 11.6 Å². The highest BCUT2D eigenvalue weighted by Gasteiger charge is 2.40. The predicted molar refractivity (Wildman–Crippen MR) is 118 cm³/mol. The van der Waals surface area contributed by atoms with E-state index >= 15 is 0 Å². The van der Waals surface area contributed by atoms with Gasteiger partial charge >= 0.3 is 0 Å². The van der Waals surface area contributed by atoms with E-state index in [4.69, 9.17) is 5.11 Å². The maximum Gasteiger partial charge on any atom is 0.235 e. The third-order valence-electron chi connectivity index (χ3n) is 5.38. The summed E-state index contributed by atoms with van der Waals surface area (Å²) in [6.45, 7) is 6.08. The van der Waals surface area contributed by atoms with E-state index in [1.165, 1.54) is 0 Å². The minimum atomic E-state index is -0.663. The molecule has 8 heteroatoms. The Kier molecular flexibility index (Phi) is 5.73. The summed E-state index contributed by atoms with van der Waals surface area (Å²) in [4.78, 5) is 17.9. The highest BCUT2D eigenvalue weighted by molar-refractivity contribution is 5.96. The van der Waals surface area contributed by atoms with Crippen LogP contribution < -0.4 is 10.6 Å². The number of benzene rings is 2. The van der Waals surface area contributed by atoms with Crippen LogP contribution in [0.5, 0.6) is 5.75 Å². The first-order valence-electron chi connectivity index (χ1n) is 10.2. The van der Waals surface area contributed by atoms with Crippen molar-refractivity contribution in [3.05, 3.63) is 77.8 Å². The van der Waals surface area contributed by atoms with Gasteiger partial charge in [-0.15, -0.1) is 0 Å². The first-order chi connectivity index (χ1) is 15.0. The van der Waals surface area contributed by atoms with Gasteiger partial charge in [0.1, 0.15) is 11.7 Å². The number of para-hydroxylation sites is 1. The minimum absolute atomic E-state index is 0.0485. The van der Waals surface area contributed by atoms with Gasteiger partial charge in [-0.1, -0.05) is 36.9 Å². The quantitative estimate of drug-likeness (QED) is 0.489. The SMILES string of the molecule is C=C1Nc2nc(CCCO)nn2[C@H](c2ccc(O)cc2)[C@H]1C(=O)Nc1ccccc1C. The fourth-order valence-corrected chi connectivity index (χ4v) is 3.77. The molecule has 1 amide bonds. The summed E-state index contributed by atoms with van der Waals surface area (Å²) in [5.41, 5.74) is 3.00. The molecule has 4 rings (SSSR count). The molecule has 2 aromatic carbocycles. The topological polar surface area (TPSA) is 112 Å². The Hall–Kier alpha value is -3.65. The molecule has 8 nitrogen and oxygen atoms in total. The number of amides is 1. The molecule has 1 aliphatic heterocycles. The zero-order valence-electron chi connectivity index (χ0n) is 17.2. The fraction of sp³-hybridized carbons (Fsp3) is 0.261. The number of aromatic hydroxyl groups is 1. The number of hydrogen-bond acceptors (Lipinski definition) is 6. The number of hydrogen-bond donors (Lipinski definition) is 4. The lowest BCUT2D eigenvalue weighted by Gasteiger charge is -2.33. The summed E-state index contributed by atoms with van der Waals surface area (Å²) in [6.07, 6.45) is 1.07. The molecule has 0 aliphatic carbocycles. The maximum atomic E-state index is 13.4. The number of aliphatic hydroxyl groups excluding tert-OH is 1. The van der Waals surface area contributed by atoms with Crippen molar-refractivity contribution in [3.8, 4) is 5.75 Å². The van der Waals surface area contributed by atoms with Gasteiger partial charge in [0, 0.05) is 24.4 Å². The molecule has 0 saturated heterocycles. The van der Waals surface area contributed by atoms with Crippen molar-refractivity contribution in [3.63, 3.8) is 0 Å². The third kappa shape index (κ3) is 4.15. The molecule has 160 valence electrons. The predicted octanol–water partition coefficient (Wildman–Crippen LogP) is 3.00. The lowest BCUT2D eigenvalue weighted by molar-refractivity contribution is -0.119.